The zero-order valence-electron chi connectivity index (χ0n) is 12.8. The summed E-state index contributed by atoms with van der Waals surface area (Å²) >= 11 is 1.82. The van der Waals surface area contributed by atoms with E-state index in [2.05, 4.69) is 27.3 Å². The Balaban J connectivity index is 1.77. The van der Waals surface area contributed by atoms with Crippen LogP contribution >= 0.6 is 11.8 Å². The van der Waals surface area contributed by atoms with E-state index in [1.807, 2.05) is 17.8 Å². The molecule has 0 aromatic carbocycles. The number of hydrogen-bond donors (Lipinski definition) is 2. The number of ether oxygens (including phenoxy) is 1. The lowest BCUT2D eigenvalue weighted by Gasteiger charge is -2.45. The molecule has 1 fully saturated rings. The van der Waals surface area contributed by atoms with Crippen molar-refractivity contribution in [1.29, 1.82) is 0 Å². The number of nitrogens with one attached hydrogen (secondary N) is 1. The Morgan fingerprint density at radius 2 is 2.45 bits per heavy atom. The van der Waals surface area contributed by atoms with E-state index in [1.54, 1.807) is 11.6 Å². The van der Waals surface area contributed by atoms with Crippen molar-refractivity contribution in [3.05, 3.63) is 18.1 Å². The first-order valence-electron chi connectivity index (χ1n) is 7.42. The molecule has 1 saturated carbocycles. The molecule has 2 atom stereocenters. The number of nitrogens with zero attached hydrogens (tertiary/aromatic N) is 4. The fraction of sp³-hybridized carbons (Fsp3) is 0.643. The molecule has 2 aromatic rings. The van der Waals surface area contributed by atoms with Gasteiger partial charge >= 0.3 is 0 Å². The van der Waals surface area contributed by atoms with Gasteiger partial charge in [-0.15, -0.1) is 0 Å². The number of hydrogen-bond acceptors (Lipinski definition) is 7. The van der Waals surface area contributed by atoms with Gasteiger partial charge in [0.25, 0.3) is 5.78 Å². The van der Waals surface area contributed by atoms with Crippen LogP contribution in [0.1, 0.15) is 25.5 Å². The minimum Gasteiger partial charge on any atom is -0.387 e. The summed E-state index contributed by atoms with van der Waals surface area (Å²) in [4.78, 5) is 8.49. The second-order valence-electron chi connectivity index (χ2n) is 5.48. The highest BCUT2D eigenvalue weighted by Gasteiger charge is 2.45. The summed E-state index contributed by atoms with van der Waals surface area (Å²) in [5.41, 5.74) is 0.128. The van der Waals surface area contributed by atoms with Crippen LogP contribution in [-0.2, 0) is 11.3 Å². The summed E-state index contributed by atoms with van der Waals surface area (Å²) in [6.45, 7) is 3.03. The average molecular weight is 323 g/mol. The highest BCUT2D eigenvalue weighted by molar-refractivity contribution is 8.00. The first-order valence-corrected chi connectivity index (χ1v) is 8.47. The maximum Gasteiger partial charge on any atom is 0.254 e. The Bertz CT molecular complexity index is 649. The highest BCUT2D eigenvalue weighted by Crippen LogP contribution is 2.41. The zero-order valence-corrected chi connectivity index (χ0v) is 13.6. The van der Waals surface area contributed by atoms with Gasteiger partial charge in [0.15, 0.2) is 0 Å². The van der Waals surface area contributed by atoms with Crippen molar-refractivity contribution in [3.63, 3.8) is 0 Å². The van der Waals surface area contributed by atoms with Crippen molar-refractivity contribution < 1.29 is 9.84 Å². The van der Waals surface area contributed by atoms with Crippen LogP contribution in [0.25, 0.3) is 5.78 Å². The number of anilines is 1. The Morgan fingerprint density at radius 1 is 1.59 bits per heavy atom. The summed E-state index contributed by atoms with van der Waals surface area (Å²) in [5.74, 6) is 2.32. The van der Waals surface area contributed by atoms with E-state index in [-0.39, 0.29) is 0 Å². The molecule has 8 heteroatoms. The standard InChI is InChI=1S/C14H21N5O2S/c1-3-22-11-4-5-14(11,20)8-15-12-6-10(7-21-2)18-13-16-9-17-19(12)13/h6,9,11,15,20H,3-5,7-8H2,1-2H3. The molecule has 0 radical (unpaired) electrons. The molecule has 7 nitrogen and oxygen atoms in total. The molecule has 1 aliphatic carbocycles. The summed E-state index contributed by atoms with van der Waals surface area (Å²) in [5, 5.41) is 18.5. The summed E-state index contributed by atoms with van der Waals surface area (Å²) in [6, 6.07) is 1.88. The minimum absolute atomic E-state index is 0.302. The van der Waals surface area contributed by atoms with Crippen molar-refractivity contribution in [1.82, 2.24) is 19.6 Å². The van der Waals surface area contributed by atoms with Crippen LogP contribution < -0.4 is 5.32 Å². The number of aromatic nitrogens is 4. The summed E-state index contributed by atoms with van der Waals surface area (Å²) in [6.07, 6.45) is 3.37. The van der Waals surface area contributed by atoms with Crippen LogP contribution in [0.15, 0.2) is 12.4 Å². The lowest BCUT2D eigenvalue weighted by Crippen LogP contribution is -2.54. The van der Waals surface area contributed by atoms with Gasteiger partial charge in [-0.2, -0.15) is 26.4 Å². The highest BCUT2D eigenvalue weighted by atomic mass is 32.2. The third-order valence-corrected chi connectivity index (χ3v) is 5.39. The predicted molar refractivity (Wildman–Crippen MR) is 86.1 cm³/mol. The van der Waals surface area contributed by atoms with Crippen LogP contribution in [0, 0.1) is 0 Å². The normalized spacial score (nSPS) is 24.4. The van der Waals surface area contributed by atoms with Crippen molar-refractivity contribution in [2.45, 2.75) is 37.2 Å². The molecular formula is C14H21N5O2S. The molecule has 1 aliphatic rings. The molecule has 2 aromatic heterocycles. The first-order chi connectivity index (χ1) is 10.7. The molecule has 0 spiro atoms. The molecule has 120 valence electrons. The minimum atomic E-state index is -0.654. The van der Waals surface area contributed by atoms with Crippen molar-refractivity contribution in [2.75, 3.05) is 24.7 Å². The van der Waals surface area contributed by atoms with Crippen LogP contribution in [0.3, 0.4) is 0 Å². The SMILES string of the molecule is CCSC1CCC1(O)CNc1cc(COC)nc2ncnn12. The maximum absolute atomic E-state index is 10.7. The molecule has 2 unspecified atom stereocenters. The predicted octanol–water partition coefficient (Wildman–Crippen LogP) is 1.33. The monoisotopic (exact) mass is 323 g/mol. The van der Waals surface area contributed by atoms with Gasteiger partial charge in [-0.3, -0.25) is 0 Å². The van der Waals surface area contributed by atoms with Gasteiger partial charge in [0.05, 0.1) is 17.9 Å². The number of thioether (sulfide) groups is 1. The van der Waals surface area contributed by atoms with E-state index in [9.17, 15) is 5.11 Å². The Morgan fingerprint density at radius 3 is 3.14 bits per heavy atom. The fourth-order valence-electron chi connectivity index (χ4n) is 2.69. The topological polar surface area (TPSA) is 84.6 Å². The van der Waals surface area contributed by atoms with Crippen LogP contribution in [0.2, 0.25) is 0 Å². The Hall–Kier alpha value is -1.38. The molecule has 0 amide bonds. The molecule has 0 saturated heterocycles. The van der Waals surface area contributed by atoms with Crippen molar-refractivity contribution in [3.8, 4) is 0 Å². The third kappa shape index (κ3) is 2.90. The van der Waals surface area contributed by atoms with Crippen molar-refractivity contribution in [2.24, 2.45) is 0 Å². The second-order valence-corrected chi connectivity index (χ2v) is 6.96. The van der Waals surface area contributed by atoms with E-state index < -0.39 is 5.60 Å². The quantitative estimate of drug-likeness (QED) is 0.795. The molecular weight excluding hydrogens is 302 g/mol. The van der Waals surface area contributed by atoms with Gasteiger partial charge in [-0.25, -0.2) is 4.98 Å². The first kappa shape index (κ1) is 15.5. The largest absolute Gasteiger partial charge is 0.387 e. The zero-order chi connectivity index (χ0) is 15.6. The smallest absolute Gasteiger partial charge is 0.254 e. The second kappa shape index (κ2) is 6.39. The summed E-state index contributed by atoms with van der Waals surface area (Å²) < 4.78 is 6.78. The van der Waals surface area contributed by atoms with Gasteiger partial charge in [0.1, 0.15) is 12.1 Å². The molecule has 22 heavy (non-hydrogen) atoms. The van der Waals surface area contributed by atoms with E-state index in [1.165, 1.54) is 6.33 Å². The van der Waals surface area contributed by atoms with E-state index in [0.29, 0.717) is 24.2 Å². The lowest BCUT2D eigenvalue weighted by atomic mass is 9.79. The average Bonchev–Trinajstić information content (AvgIpc) is 2.97. The molecule has 0 aliphatic heterocycles. The number of fused-ring (bicyclic) bond motifs is 1. The van der Waals surface area contributed by atoms with E-state index >= 15 is 0 Å². The summed E-state index contributed by atoms with van der Waals surface area (Å²) in [7, 11) is 1.63. The van der Waals surface area contributed by atoms with Gasteiger partial charge < -0.3 is 15.2 Å². The van der Waals surface area contributed by atoms with Gasteiger partial charge in [0.2, 0.25) is 0 Å². The fourth-order valence-corrected chi connectivity index (χ4v) is 3.89. The van der Waals surface area contributed by atoms with E-state index in [4.69, 9.17) is 4.74 Å². The van der Waals surface area contributed by atoms with Crippen molar-refractivity contribution >= 4 is 23.4 Å². The molecule has 2 heterocycles. The van der Waals surface area contributed by atoms with Crippen LogP contribution in [0.5, 0.6) is 0 Å². The third-order valence-electron chi connectivity index (χ3n) is 3.98. The van der Waals surface area contributed by atoms with Crippen LogP contribution in [0.4, 0.5) is 5.82 Å². The Kier molecular flexibility index (Phi) is 4.51. The number of rotatable bonds is 7. The molecule has 0 bridgehead atoms. The van der Waals surface area contributed by atoms with Gasteiger partial charge in [-0.1, -0.05) is 6.92 Å². The number of aliphatic hydroxyl groups is 1. The van der Waals surface area contributed by atoms with Crippen LogP contribution in [-0.4, -0.2) is 54.9 Å². The molecule has 2 N–H and O–H groups in total. The van der Waals surface area contributed by atoms with E-state index in [0.717, 1.165) is 30.1 Å². The number of methoxy groups -OCH3 is 1. The van der Waals surface area contributed by atoms with Gasteiger partial charge in [0, 0.05) is 25.0 Å². The Labute approximate surface area is 133 Å². The lowest BCUT2D eigenvalue weighted by molar-refractivity contribution is -0.0121. The molecule has 3 rings (SSSR count). The maximum atomic E-state index is 10.7. The van der Waals surface area contributed by atoms with Gasteiger partial charge in [-0.05, 0) is 18.6 Å².